The van der Waals surface area contributed by atoms with Crippen molar-refractivity contribution in [3.05, 3.63) is 29.8 Å². The van der Waals surface area contributed by atoms with E-state index in [1.54, 1.807) is 18.3 Å². The number of carbonyl (C=O) groups is 2. The minimum atomic E-state index is -0.181. The molecule has 3 unspecified atom stereocenters. The van der Waals surface area contributed by atoms with Gasteiger partial charge in [-0.15, -0.1) is 0 Å². The van der Waals surface area contributed by atoms with Gasteiger partial charge in [-0.05, 0) is 24.9 Å². The highest BCUT2D eigenvalue weighted by Gasteiger charge is 2.38. The van der Waals surface area contributed by atoms with Gasteiger partial charge in [0, 0.05) is 36.8 Å². The SMILES string of the molecule is O=Cc1cc2cnc(C(=O)NC3CN4CCC3C4)cc2o1. The van der Waals surface area contributed by atoms with Crippen LogP contribution in [0.25, 0.3) is 11.0 Å². The van der Waals surface area contributed by atoms with Crippen LogP contribution in [0.1, 0.15) is 27.5 Å². The van der Waals surface area contributed by atoms with Gasteiger partial charge in [-0.3, -0.25) is 14.6 Å². The molecule has 0 spiro atoms. The van der Waals surface area contributed by atoms with E-state index in [1.165, 1.54) is 0 Å². The Balaban J connectivity index is 1.54. The summed E-state index contributed by atoms with van der Waals surface area (Å²) in [4.78, 5) is 29.5. The molecular formula is C15H15N3O3. The number of pyridine rings is 1. The van der Waals surface area contributed by atoms with Crippen LogP contribution in [0, 0.1) is 5.92 Å². The van der Waals surface area contributed by atoms with E-state index in [2.05, 4.69) is 15.2 Å². The molecule has 0 aliphatic carbocycles. The third-order valence-electron chi connectivity index (χ3n) is 4.42. The molecule has 4 rings (SSSR count). The number of furan rings is 1. The average molecular weight is 285 g/mol. The Bertz CT molecular complexity index is 724. The Morgan fingerprint density at radius 2 is 2.33 bits per heavy atom. The number of nitrogens with one attached hydrogen (secondary N) is 1. The molecule has 1 amide bonds. The summed E-state index contributed by atoms with van der Waals surface area (Å²) >= 11 is 0. The largest absolute Gasteiger partial charge is 0.453 e. The summed E-state index contributed by atoms with van der Waals surface area (Å²) in [6, 6.07) is 3.41. The smallest absolute Gasteiger partial charge is 0.270 e. The van der Waals surface area contributed by atoms with E-state index in [4.69, 9.17) is 4.42 Å². The van der Waals surface area contributed by atoms with Gasteiger partial charge in [0.15, 0.2) is 12.0 Å². The van der Waals surface area contributed by atoms with Gasteiger partial charge in [0.25, 0.3) is 5.91 Å². The summed E-state index contributed by atoms with van der Waals surface area (Å²) in [5, 5.41) is 3.78. The van der Waals surface area contributed by atoms with Gasteiger partial charge in [0.1, 0.15) is 11.3 Å². The molecule has 3 atom stereocenters. The number of amides is 1. The highest BCUT2D eigenvalue weighted by atomic mass is 16.3. The molecule has 108 valence electrons. The number of aldehydes is 1. The fourth-order valence-electron chi connectivity index (χ4n) is 3.33. The molecule has 2 fully saturated rings. The Hall–Kier alpha value is -2.21. The van der Waals surface area contributed by atoms with E-state index >= 15 is 0 Å². The molecule has 0 saturated carbocycles. The van der Waals surface area contributed by atoms with Crippen LogP contribution in [0.3, 0.4) is 0 Å². The molecule has 0 radical (unpaired) electrons. The summed E-state index contributed by atoms with van der Waals surface area (Å²) < 4.78 is 5.33. The van der Waals surface area contributed by atoms with Gasteiger partial charge in [-0.25, -0.2) is 0 Å². The van der Waals surface area contributed by atoms with Crippen LogP contribution >= 0.6 is 0 Å². The zero-order valence-electron chi connectivity index (χ0n) is 11.4. The van der Waals surface area contributed by atoms with Crippen molar-refractivity contribution in [3.63, 3.8) is 0 Å². The lowest BCUT2D eigenvalue weighted by Gasteiger charge is -2.22. The summed E-state index contributed by atoms with van der Waals surface area (Å²) in [7, 11) is 0. The lowest BCUT2D eigenvalue weighted by Crippen LogP contribution is -2.43. The minimum absolute atomic E-state index is 0.181. The van der Waals surface area contributed by atoms with Crippen LogP contribution in [0.15, 0.2) is 22.7 Å². The number of piperidine rings is 1. The summed E-state index contributed by atoms with van der Waals surface area (Å²) in [5.41, 5.74) is 0.834. The highest BCUT2D eigenvalue weighted by Crippen LogP contribution is 2.28. The first kappa shape index (κ1) is 12.5. The fraction of sp³-hybridized carbons (Fsp3) is 0.400. The van der Waals surface area contributed by atoms with E-state index in [0.29, 0.717) is 23.5 Å². The molecule has 2 saturated heterocycles. The molecule has 4 heterocycles. The molecule has 0 aromatic carbocycles. The molecular weight excluding hydrogens is 270 g/mol. The van der Waals surface area contributed by atoms with Crippen molar-refractivity contribution in [1.82, 2.24) is 15.2 Å². The summed E-state index contributed by atoms with van der Waals surface area (Å²) in [5.74, 6) is 0.618. The molecule has 6 nitrogen and oxygen atoms in total. The fourth-order valence-corrected chi connectivity index (χ4v) is 3.33. The van der Waals surface area contributed by atoms with Crippen molar-refractivity contribution in [2.45, 2.75) is 12.5 Å². The van der Waals surface area contributed by atoms with Crippen LogP contribution in [0.5, 0.6) is 0 Å². The maximum atomic E-state index is 12.3. The third-order valence-corrected chi connectivity index (χ3v) is 4.42. The van der Waals surface area contributed by atoms with E-state index in [1.807, 2.05) is 0 Å². The van der Waals surface area contributed by atoms with Crippen LogP contribution < -0.4 is 5.32 Å². The van der Waals surface area contributed by atoms with Crippen molar-refractivity contribution >= 4 is 23.2 Å². The minimum Gasteiger partial charge on any atom is -0.453 e. The Morgan fingerprint density at radius 3 is 3.05 bits per heavy atom. The first-order valence-corrected chi connectivity index (χ1v) is 7.11. The number of carbonyl (C=O) groups excluding carboxylic acids is 2. The number of hydrogen-bond donors (Lipinski definition) is 1. The molecule has 2 bridgehead atoms. The topological polar surface area (TPSA) is 75.4 Å². The molecule has 2 aliphatic rings. The summed E-state index contributed by atoms with van der Waals surface area (Å²) in [6.45, 7) is 3.15. The maximum absolute atomic E-state index is 12.3. The Morgan fingerprint density at radius 1 is 1.43 bits per heavy atom. The predicted molar refractivity (Wildman–Crippen MR) is 75.2 cm³/mol. The van der Waals surface area contributed by atoms with Crippen LogP contribution in [0.2, 0.25) is 0 Å². The number of aromatic nitrogens is 1. The van der Waals surface area contributed by atoms with Crippen molar-refractivity contribution in [2.75, 3.05) is 19.6 Å². The first-order chi connectivity index (χ1) is 10.2. The lowest BCUT2D eigenvalue weighted by atomic mass is 10.00. The second-order valence-corrected chi connectivity index (χ2v) is 5.76. The van der Waals surface area contributed by atoms with E-state index < -0.39 is 0 Å². The van der Waals surface area contributed by atoms with E-state index in [-0.39, 0.29) is 17.7 Å². The molecule has 2 aromatic rings. The summed E-state index contributed by atoms with van der Waals surface area (Å²) in [6.07, 6.45) is 3.35. The zero-order valence-corrected chi connectivity index (χ0v) is 11.4. The van der Waals surface area contributed by atoms with Gasteiger partial charge in [0.05, 0.1) is 0 Å². The quantitative estimate of drug-likeness (QED) is 0.854. The molecule has 21 heavy (non-hydrogen) atoms. The zero-order chi connectivity index (χ0) is 14.4. The molecule has 2 aromatic heterocycles. The van der Waals surface area contributed by atoms with Gasteiger partial charge in [0.2, 0.25) is 0 Å². The molecule has 6 heteroatoms. The predicted octanol–water partition coefficient (Wildman–Crippen LogP) is 1.07. The van der Waals surface area contributed by atoms with Gasteiger partial charge < -0.3 is 14.6 Å². The number of hydrogen-bond acceptors (Lipinski definition) is 5. The second-order valence-electron chi connectivity index (χ2n) is 5.76. The molecule has 2 aliphatic heterocycles. The van der Waals surface area contributed by atoms with Crippen LogP contribution in [-0.2, 0) is 0 Å². The highest BCUT2D eigenvalue weighted by molar-refractivity contribution is 5.96. The van der Waals surface area contributed by atoms with Gasteiger partial charge in [-0.1, -0.05) is 0 Å². The van der Waals surface area contributed by atoms with Crippen molar-refractivity contribution < 1.29 is 14.0 Å². The van der Waals surface area contributed by atoms with E-state index in [9.17, 15) is 9.59 Å². The van der Waals surface area contributed by atoms with Crippen molar-refractivity contribution in [3.8, 4) is 0 Å². The van der Waals surface area contributed by atoms with Crippen molar-refractivity contribution in [1.29, 1.82) is 0 Å². The third kappa shape index (κ3) is 2.12. The normalized spacial score (nSPS) is 27.1. The monoisotopic (exact) mass is 285 g/mol. The second kappa shape index (κ2) is 4.66. The lowest BCUT2D eigenvalue weighted by molar-refractivity contribution is 0.0919. The molecule has 1 N–H and O–H groups in total. The number of fused-ring (bicyclic) bond motifs is 3. The standard InChI is InChI=1S/C15H15N3O3/c19-8-11-3-10-5-16-12(4-14(10)21-11)15(20)17-13-7-18-2-1-9(13)6-18/h3-5,8-9,13H,1-2,6-7H2,(H,17,20). The van der Waals surface area contributed by atoms with Gasteiger partial charge >= 0.3 is 0 Å². The first-order valence-electron chi connectivity index (χ1n) is 7.11. The Labute approximate surface area is 121 Å². The van der Waals surface area contributed by atoms with Crippen molar-refractivity contribution in [2.24, 2.45) is 5.92 Å². The van der Waals surface area contributed by atoms with Crippen LogP contribution in [0.4, 0.5) is 0 Å². The maximum Gasteiger partial charge on any atom is 0.270 e. The van der Waals surface area contributed by atoms with Gasteiger partial charge in [-0.2, -0.15) is 0 Å². The number of rotatable bonds is 3. The Kier molecular flexibility index (Phi) is 2.78. The average Bonchev–Trinajstić information content (AvgIpc) is 3.20. The van der Waals surface area contributed by atoms with E-state index in [0.717, 1.165) is 31.4 Å². The van der Waals surface area contributed by atoms with Crippen LogP contribution in [-0.4, -0.2) is 47.8 Å². The number of nitrogens with zero attached hydrogens (tertiary/aromatic N) is 2.